The number of anilines is 1. The lowest BCUT2D eigenvalue weighted by Crippen LogP contribution is -2.39. The molecule has 1 atom stereocenters. The zero-order chi connectivity index (χ0) is 17.7. The molecule has 0 radical (unpaired) electrons. The SMILES string of the molecule is COc1ccc(Cl)cc1NC(=O)[C@H](C)N(C)Cc1cccc(F)c1. The second kappa shape index (κ2) is 8.13. The highest BCUT2D eigenvalue weighted by Gasteiger charge is 2.19. The van der Waals surface area contributed by atoms with E-state index < -0.39 is 6.04 Å². The number of nitrogens with one attached hydrogen (secondary N) is 1. The van der Waals surface area contributed by atoms with Crippen LogP contribution >= 0.6 is 11.6 Å². The van der Waals surface area contributed by atoms with Crippen LogP contribution in [0.4, 0.5) is 10.1 Å². The molecule has 0 unspecified atom stereocenters. The Morgan fingerprint density at radius 2 is 2.08 bits per heavy atom. The van der Waals surface area contributed by atoms with Gasteiger partial charge in [0.1, 0.15) is 11.6 Å². The van der Waals surface area contributed by atoms with E-state index in [0.717, 1.165) is 5.56 Å². The van der Waals surface area contributed by atoms with E-state index in [-0.39, 0.29) is 11.7 Å². The van der Waals surface area contributed by atoms with Gasteiger partial charge in [0.25, 0.3) is 0 Å². The number of halogens is 2. The maximum absolute atomic E-state index is 13.3. The summed E-state index contributed by atoms with van der Waals surface area (Å²) in [5, 5.41) is 3.32. The summed E-state index contributed by atoms with van der Waals surface area (Å²) in [6.07, 6.45) is 0. The molecular formula is C18H20ClFN2O2. The Morgan fingerprint density at radius 1 is 1.33 bits per heavy atom. The molecule has 0 aliphatic carbocycles. The maximum atomic E-state index is 13.3. The second-order valence-electron chi connectivity index (χ2n) is 5.55. The summed E-state index contributed by atoms with van der Waals surface area (Å²) >= 11 is 5.97. The molecule has 0 spiro atoms. The normalized spacial score (nSPS) is 12.1. The third kappa shape index (κ3) is 4.69. The molecule has 24 heavy (non-hydrogen) atoms. The number of likely N-dealkylation sites (N-methyl/N-ethyl adjacent to an activating group) is 1. The van der Waals surface area contributed by atoms with Crippen molar-refractivity contribution in [1.82, 2.24) is 4.90 Å². The van der Waals surface area contributed by atoms with Gasteiger partial charge >= 0.3 is 0 Å². The quantitative estimate of drug-likeness (QED) is 0.857. The summed E-state index contributed by atoms with van der Waals surface area (Å²) in [4.78, 5) is 14.3. The van der Waals surface area contributed by atoms with Crippen LogP contribution in [0.3, 0.4) is 0 Å². The first-order valence-corrected chi connectivity index (χ1v) is 7.87. The first kappa shape index (κ1) is 18.2. The van der Waals surface area contributed by atoms with Crippen LogP contribution in [-0.4, -0.2) is 31.0 Å². The summed E-state index contributed by atoms with van der Waals surface area (Å²) in [7, 11) is 3.34. The van der Waals surface area contributed by atoms with Crippen molar-refractivity contribution < 1.29 is 13.9 Å². The number of carbonyl (C=O) groups is 1. The van der Waals surface area contributed by atoms with Crippen molar-refractivity contribution in [3.05, 3.63) is 58.9 Å². The van der Waals surface area contributed by atoms with Gasteiger partial charge in [-0.2, -0.15) is 0 Å². The lowest BCUT2D eigenvalue weighted by Gasteiger charge is -2.24. The molecule has 0 heterocycles. The molecule has 1 N–H and O–H groups in total. The smallest absolute Gasteiger partial charge is 0.241 e. The molecule has 0 saturated heterocycles. The van der Waals surface area contributed by atoms with Crippen LogP contribution in [0.5, 0.6) is 5.75 Å². The van der Waals surface area contributed by atoms with Crippen LogP contribution in [-0.2, 0) is 11.3 Å². The third-order valence-corrected chi connectivity index (χ3v) is 4.02. The predicted octanol–water partition coefficient (Wildman–Crippen LogP) is 3.95. The molecule has 128 valence electrons. The van der Waals surface area contributed by atoms with E-state index in [0.29, 0.717) is 23.0 Å². The highest BCUT2D eigenvalue weighted by molar-refractivity contribution is 6.31. The summed E-state index contributed by atoms with van der Waals surface area (Å²) in [5.41, 5.74) is 1.32. The van der Waals surface area contributed by atoms with Crippen LogP contribution in [0, 0.1) is 5.82 Å². The van der Waals surface area contributed by atoms with E-state index in [4.69, 9.17) is 16.3 Å². The average molecular weight is 351 g/mol. The standard InChI is InChI=1S/C18H20ClFN2O2/c1-12(22(2)11-13-5-4-6-15(20)9-13)18(23)21-16-10-14(19)7-8-17(16)24-3/h4-10,12H,11H2,1-3H3,(H,21,23)/t12-/m0/s1. The number of hydrogen-bond acceptors (Lipinski definition) is 3. The number of ether oxygens (including phenoxy) is 1. The molecule has 0 aliphatic heterocycles. The molecule has 0 bridgehead atoms. The van der Waals surface area contributed by atoms with E-state index in [1.807, 2.05) is 18.0 Å². The molecule has 2 aromatic rings. The molecule has 0 aliphatic rings. The molecule has 6 heteroatoms. The van der Waals surface area contributed by atoms with Crippen molar-refractivity contribution in [3.8, 4) is 5.75 Å². The summed E-state index contributed by atoms with van der Waals surface area (Å²) in [5.74, 6) is 0.0453. The Hall–Kier alpha value is -2.11. The van der Waals surface area contributed by atoms with Crippen molar-refractivity contribution in [2.45, 2.75) is 19.5 Å². The van der Waals surface area contributed by atoms with Crippen molar-refractivity contribution in [2.24, 2.45) is 0 Å². The van der Waals surface area contributed by atoms with Gasteiger partial charge in [-0.1, -0.05) is 23.7 Å². The lowest BCUT2D eigenvalue weighted by atomic mass is 10.1. The Kier molecular flexibility index (Phi) is 6.17. The third-order valence-electron chi connectivity index (χ3n) is 3.78. The Bertz CT molecular complexity index is 724. The Morgan fingerprint density at radius 3 is 2.75 bits per heavy atom. The topological polar surface area (TPSA) is 41.6 Å². The van der Waals surface area contributed by atoms with Gasteiger partial charge < -0.3 is 10.1 Å². The van der Waals surface area contributed by atoms with Gasteiger partial charge in [-0.25, -0.2) is 4.39 Å². The molecule has 0 saturated carbocycles. The number of nitrogens with zero attached hydrogens (tertiary/aromatic N) is 1. The number of hydrogen-bond donors (Lipinski definition) is 1. The molecule has 4 nitrogen and oxygen atoms in total. The fourth-order valence-electron chi connectivity index (χ4n) is 2.28. The number of rotatable bonds is 6. The number of benzene rings is 2. The minimum Gasteiger partial charge on any atom is -0.495 e. The van der Waals surface area contributed by atoms with Crippen molar-refractivity contribution in [3.63, 3.8) is 0 Å². The van der Waals surface area contributed by atoms with Gasteiger partial charge in [-0.05, 0) is 49.9 Å². The van der Waals surface area contributed by atoms with E-state index in [1.165, 1.54) is 19.2 Å². The van der Waals surface area contributed by atoms with Crippen LogP contribution in [0.25, 0.3) is 0 Å². The summed E-state index contributed by atoms with van der Waals surface area (Å²) in [6.45, 7) is 2.24. The highest BCUT2D eigenvalue weighted by Crippen LogP contribution is 2.28. The van der Waals surface area contributed by atoms with Crippen LogP contribution < -0.4 is 10.1 Å². The van der Waals surface area contributed by atoms with Crippen LogP contribution in [0.1, 0.15) is 12.5 Å². The first-order valence-electron chi connectivity index (χ1n) is 7.50. The predicted molar refractivity (Wildman–Crippen MR) is 94.0 cm³/mol. The minimum atomic E-state index is -0.419. The van der Waals surface area contributed by atoms with E-state index in [9.17, 15) is 9.18 Å². The van der Waals surface area contributed by atoms with E-state index in [1.54, 1.807) is 31.2 Å². The molecule has 2 rings (SSSR count). The van der Waals surface area contributed by atoms with Gasteiger partial charge in [0.05, 0.1) is 18.8 Å². The lowest BCUT2D eigenvalue weighted by molar-refractivity contribution is -0.120. The number of carbonyl (C=O) groups excluding carboxylic acids is 1. The second-order valence-corrected chi connectivity index (χ2v) is 5.99. The zero-order valence-corrected chi connectivity index (χ0v) is 14.6. The van der Waals surface area contributed by atoms with Gasteiger partial charge in [0.2, 0.25) is 5.91 Å². The molecule has 0 aromatic heterocycles. The average Bonchev–Trinajstić information content (AvgIpc) is 2.54. The molecule has 2 aromatic carbocycles. The fourth-order valence-corrected chi connectivity index (χ4v) is 2.45. The summed E-state index contributed by atoms with van der Waals surface area (Å²) in [6, 6.07) is 10.9. The number of amides is 1. The number of methoxy groups -OCH3 is 1. The Balaban J connectivity index is 2.05. The van der Waals surface area contributed by atoms with Gasteiger partial charge in [0, 0.05) is 11.6 Å². The van der Waals surface area contributed by atoms with Gasteiger partial charge in [0.15, 0.2) is 0 Å². The largest absolute Gasteiger partial charge is 0.495 e. The van der Waals surface area contributed by atoms with Crippen molar-refractivity contribution in [1.29, 1.82) is 0 Å². The molecule has 0 fully saturated rings. The first-order chi connectivity index (χ1) is 11.4. The summed E-state index contributed by atoms with van der Waals surface area (Å²) < 4.78 is 18.5. The monoisotopic (exact) mass is 350 g/mol. The van der Waals surface area contributed by atoms with E-state index >= 15 is 0 Å². The maximum Gasteiger partial charge on any atom is 0.241 e. The molecule has 1 amide bonds. The minimum absolute atomic E-state index is 0.200. The van der Waals surface area contributed by atoms with Crippen molar-refractivity contribution in [2.75, 3.05) is 19.5 Å². The van der Waals surface area contributed by atoms with Gasteiger partial charge in [-0.3, -0.25) is 9.69 Å². The Labute approximate surface area is 146 Å². The van der Waals surface area contributed by atoms with Crippen LogP contribution in [0.15, 0.2) is 42.5 Å². The fraction of sp³-hybridized carbons (Fsp3) is 0.278. The van der Waals surface area contributed by atoms with Crippen LogP contribution in [0.2, 0.25) is 5.02 Å². The van der Waals surface area contributed by atoms with Crippen molar-refractivity contribution >= 4 is 23.2 Å². The zero-order valence-electron chi connectivity index (χ0n) is 13.8. The van der Waals surface area contributed by atoms with Gasteiger partial charge in [-0.15, -0.1) is 0 Å². The van der Waals surface area contributed by atoms with E-state index in [2.05, 4.69) is 5.32 Å². The molecular weight excluding hydrogens is 331 g/mol. The highest BCUT2D eigenvalue weighted by atomic mass is 35.5.